The molecule has 0 saturated heterocycles. The van der Waals surface area contributed by atoms with Crippen molar-refractivity contribution in [2.75, 3.05) is 0 Å². The van der Waals surface area contributed by atoms with E-state index in [0.29, 0.717) is 0 Å². The summed E-state index contributed by atoms with van der Waals surface area (Å²) >= 11 is 0. The van der Waals surface area contributed by atoms with Crippen LogP contribution in [0.1, 0.15) is 6.92 Å². The molecule has 0 fully saturated rings. The molecule has 0 amide bonds. The van der Waals surface area contributed by atoms with Crippen molar-refractivity contribution < 1.29 is 15.4 Å². The molecule has 0 aliphatic heterocycles. The maximum atomic E-state index is 8.89. The normalized spacial score (nSPS) is 4.17. The maximum Gasteiger partial charge on any atom is 2.00 e. The van der Waals surface area contributed by atoms with Crippen LogP contribution in [-0.4, -0.2) is 38.7 Å². The topological polar surface area (TPSA) is 70.1 Å². The van der Waals surface area contributed by atoms with Gasteiger partial charge in [-0.2, -0.15) is 0 Å². The average molecular weight is 283 g/mol. The van der Waals surface area contributed by atoms with Gasteiger partial charge in [-0.1, -0.05) is 0 Å². The molecule has 33 valence electrons. The fourth-order valence-electron chi connectivity index (χ4n) is 0. The number of hydrogen-bond donors (Lipinski definition) is 1. The molecule has 0 unspecified atom stereocenters. The Labute approximate surface area is 55.8 Å². The van der Waals surface area contributed by atoms with Crippen LogP contribution in [0.5, 0.6) is 0 Å². The Kier molecular flexibility index (Phi) is 24.3. The fraction of sp³-hybridized carbons (Fsp3) is 0.500. The summed E-state index contributed by atoms with van der Waals surface area (Å²) in [5, 5.41) is 8.89. The summed E-state index contributed by atoms with van der Waals surface area (Å²) < 4.78 is 0. The van der Waals surface area contributed by atoms with Crippen molar-refractivity contribution in [3.05, 3.63) is 0 Å². The van der Waals surface area contributed by atoms with Crippen LogP contribution in [-0.2, 0) is 4.79 Å². The van der Waals surface area contributed by atoms with Crippen molar-refractivity contribution in [2.24, 2.45) is 0 Å². The molecule has 0 aliphatic rings. The Bertz CT molecular complexity index is 31.8. The van der Waals surface area contributed by atoms with Gasteiger partial charge in [0.1, 0.15) is 0 Å². The monoisotopic (exact) mass is 284 g/mol. The number of rotatable bonds is 0. The molecule has 0 bridgehead atoms. The number of hydrogen-bond acceptors (Lipinski definition) is 2. The van der Waals surface area contributed by atoms with E-state index in [-0.39, 0.29) is 32.8 Å². The Morgan fingerprint density at radius 1 is 1.67 bits per heavy atom. The van der Waals surface area contributed by atoms with E-state index >= 15 is 0 Å². The molecule has 0 aromatic rings. The molecule has 0 aliphatic carbocycles. The molecule has 6 heavy (non-hydrogen) atoms. The third-order valence-corrected chi connectivity index (χ3v) is 0. The van der Waals surface area contributed by atoms with Gasteiger partial charge in [0, 0.05) is 5.97 Å². The molecule has 0 aromatic heterocycles. The number of carboxylic acids is 1. The largest absolute Gasteiger partial charge is 2.00 e. The van der Waals surface area contributed by atoms with Crippen LogP contribution in [0.3, 0.4) is 0 Å². The van der Waals surface area contributed by atoms with Crippen LogP contribution in [0.25, 0.3) is 0 Å². The first-order valence-corrected chi connectivity index (χ1v) is 0.908. The predicted molar refractivity (Wildman–Crippen MR) is 18.4 cm³/mol. The van der Waals surface area contributed by atoms with Gasteiger partial charge in [-0.05, 0) is 6.92 Å². The van der Waals surface area contributed by atoms with E-state index in [4.69, 9.17) is 9.90 Å². The smallest absolute Gasteiger partial charge is 0.550 e. The third-order valence-electron chi connectivity index (χ3n) is 0. The standard InChI is InChI=1S/C2H4O2.HO.Pb/c1-2(3)4;;/h1H3,(H,3,4);1H;/q;;+2/p-1. The van der Waals surface area contributed by atoms with Gasteiger partial charge in [0.15, 0.2) is 0 Å². The van der Waals surface area contributed by atoms with Gasteiger partial charge in [-0.25, -0.2) is 0 Å². The van der Waals surface area contributed by atoms with Gasteiger partial charge in [-0.15, -0.1) is 0 Å². The Morgan fingerprint density at radius 2 is 1.67 bits per heavy atom. The SMILES string of the molecule is CC(=O)[O-].[OH].[Pb+2]. The quantitative estimate of drug-likeness (QED) is 0.533. The third kappa shape index (κ3) is 395. The summed E-state index contributed by atoms with van der Waals surface area (Å²) in [6.07, 6.45) is 0. The zero-order valence-corrected chi connectivity index (χ0v) is 7.15. The second-order valence-corrected chi connectivity index (χ2v) is 0.492. The molecule has 0 atom stereocenters. The molecular weight excluding hydrogens is 279 g/mol. The maximum absolute atomic E-state index is 8.89. The molecular formula is C2H4O3Pb+. The average Bonchev–Trinajstić information content (AvgIpc) is 0.811. The molecule has 0 saturated carbocycles. The van der Waals surface area contributed by atoms with Crippen molar-refractivity contribution in [2.45, 2.75) is 6.92 Å². The van der Waals surface area contributed by atoms with E-state index in [9.17, 15) is 0 Å². The summed E-state index contributed by atoms with van der Waals surface area (Å²) in [5.74, 6) is -1.08. The van der Waals surface area contributed by atoms with E-state index in [2.05, 4.69) is 0 Å². The summed E-state index contributed by atoms with van der Waals surface area (Å²) in [6.45, 7) is 0.972. The number of carboxylic acid groups (broad SMARTS) is 1. The number of carbonyl (C=O) groups is 1. The fourth-order valence-corrected chi connectivity index (χ4v) is 0. The zero-order valence-electron chi connectivity index (χ0n) is 3.26. The predicted octanol–water partition coefficient (Wildman–Crippen LogP) is -1.80. The first-order valence-electron chi connectivity index (χ1n) is 0.908. The molecule has 4 heteroatoms. The van der Waals surface area contributed by atoms with Crippen LogP contribution in [0.15, 0.2) is 0 Å². The van der Waals surface area contributed by atoms with Crippen LogP contribution in [0.4, 0.5) is 0 Å². The van der Waals surface area contributed by atoms with Gasteiger partial charge in [-0.3, -0.25) is 5.48 Å². The molecule has 0 spiro atoms. The first-order chi connectivity index (χ1) is 1.73. The van der Waals surface area contributed by atoms with Crippen molar-refractivity contribution in [1.82, 2.24) is 0 Å². The minimum Gasteiger partial charge on any atom is -0.550 e. The van der Waals surface area contributed by atoms with E-state index in [0.717, 1.165) is 6.92 Å². The van der Waals surface area contributed by atoms with E-state index in [1.807, 2.05) is 0 Å². The second kappa shape index (κ2) is 9.02. The molecule has 0 aromatic carbocycles. The Morgan fingerprint density at radius 3 is 1.67 bits per heavy atom. The van der Waals surface area contributed by atoms with Gasteiger partial charge in [0.2, 0.25) is 0 Å². The number of aliphatic carboxylic acids is 1. The van der Waals surface area contributed by atoms with Gasteiger partial charge in [0.25, 0.3) is 0 Å². The summed E-state index contributed by atoms with van der Waals surface area (Å²) in [6, 6.07) is 0. The van der Waals surface area contributed by atoms with Gasteiger partial charge >= 0.3 is 27.3 Å². The first kappa shape index (κ1) is 16.2. The second-order valence-electron chi connectivity index (χ2n) is 0.492. The zero-order chi connectivity index (χ0) is 3.58. The summed E-state index contributed by atoms with van der Waals surface area (Å²) in [5.41, 5.74) is 0. The van der Waals surface area contributed by atoms with Crippen molar-refractivity contribution in [3.63, 3.8) is 0 Å². The van der Waals surface area contributed by atoms with Crippen LogP contribution < -0.4 is 5.11 Å². The van der Waals surface area contributed by atoms with Crippen LogP contribution in [0.2, 0.25) is 0 Å². The Balaban J connectivity index is -0.0000000450. The Hall–Kier alpha value is 0.352. The van der Waals surface area contributed by atoms with Gasteiger partial charge in [0.05, 0.1) is 0 Å². The van der Waals surface area contributed by atoms with E-state index in [1.54, 1.807) is 0 Å². The minimum absolute atomic E-state index is 0. The van der Waals surface area contributed by atoms with Gasteiger partial charge < -0.3 is 9.90 Å². The molecule has 0 rings (SSSR count). The van der Waals surface area contributed by atoms with Crippen molar-refractivity contribution >= 4 is 33.3 Å². The minimum atomic E-state index is -1.08. The summed E-state index contributed by atoms with van der Waals surface area (Å²) in [4.78, 5) is 8.89. The molecule has 3 nitrogen and oxygen atoms in total. The summed E-state index contributed by atoms with van der Waals surface area (Å²) in [7, 11) is 0. The van der Waals surface area contributed by atoms with Crippen LogP contribution >= 0.6 is 0 Å². The molecule has 0 heterocycles. The molecule has 3 radical (unpaired) electrons. The van der Waals surface area contributed by atoms with Crippen molar-refractivity contribution in [3.8, 4) is 0 Å². The van der Waals surface area contributed by atoms with E-state index in [1.165, 1.54) is 0 Å². The molecule has 1 N–H and O–H groups in total. The number of carbonyl (C=O) groups excluding carboxylic acids is 1. The van der Waals surface area contributed by atoms with Crippen LogP contribution in [0, 0.1) is 0 Å². The van der Waals surface area contributed by atoms with E-state index < -0.39 is 5.97 Å². The van der Waals surface area contributed by atoms with Crippen molar-refractivity contribution in [1.29, 1.82) is 0 Å².